The lowest BCUT2D eigenvalue weighted by atomic mass is 10.2. The van der Waals surface area contributed by atoms with Gasteiger partial charge in [-0.3, -0.25) is 14.4 Å². The SMILES string of the molecule is CCCCOc1ccc(NC(=O)C(=O)N/N=C\c2ccc(OCC(=O)Nc3ccc(OCC)cc3)cc2)cc1. The molecule has 0 fully saturated rings. The van der Waals surface area contributed by atoms with Crippen molar-refractivity contribution in [2.24, 2.45) is 5.10 Å². The molecule has 204 valence electrons. The van der Waals surface area contributed by atoms with Crippen LogP contribution >= 0.6 is 0 Å². The minimum atomic E-state index is -0.909. The van der Waals surface area contributed by atoms with Crippen LogP contribution in [0, 0.1) is 0 Å². The highest BCUT2D eigenvalue weighted by atomic mass is 16.5. The molecule has 39 heavy (non-hydrogen) atoms. The second-order valence-electron chi connectivity index (χ2n) is 8.24. The lowest BCUT2D eigenvalue weighted by Gasteiger charge is -2.09. The van der Waals surface area contributed by atoms with E-state index in [1.165, 1.54) is 6.21 Å². The van der Waals surface area contributed by atoms with Gasteiger partial charge in [-0.15, -0.1) is 0 Å². The standard InChI is InChI=1S/C29H32N4O6/c1-3-5-18-38-25-16-10-23(11-17-25)32-28(35)29(36)33-30-19-21-6-12-26(13-7-21)39-20-27(34)31-22-8-14-24(15-9-22)37-4-2/h6-17,19H,3-5,18,20H2,1-2H3,(H,31,34)(H,32,35)(H,33,36)/b30-19-. The first-order valence-electron chi connectivity index (χ1n) is 12.6. The molecule has 3 rings (SSSR count). The van der Waals surface area contributed by atoms with Crippen LogP contribution in [0.2, 0.25) is 0 Å². The van der Waals surface area contributed by atoms with Crippen molar-refractivity contribution >= 4 is 35.3 Å². The van der Waals surface area contributed by atoms with Crippen LogP contribution in [-0.4, -0.2) is 43.8 Å². The monoisotopic (exact) mass is 532 g/mol. The van der Waals surface area contributed by atoms with Crippen LogP contribution < -0.4 is 30.3 Å². The van der Waals surface area contributed by atoms with Crippen LogP contribution in [0.3, 0.4) is 0 Å². The number of hydrogen-bond acceptors (Lipinski definition) is 7. The molecule has 0 radical (unpaired) electrons. The highest BCUT2D eigenvalue weighted by molar-refractivity contribution is 6.39. The van der Waals surface area contributed by atoms with E-state index in [0.29, 0.717) is 41.7 Å². The summed E-state index contributed by atoms with van der Waals surface area (Å²) < 4.78 is 16.5. The van der Waals surface area contributed by atoms with E-state index in [1.807, 2.05) is 6.92 Å². The third kappa shape index (κ3) is 10.2. The number of hydrogen-bond donors (Lipinski definition) is 3. The van der Waals surface area contributed by atoms with E-state index >= 15 is 0 Å². The van der Waals surface area contributed by atoms with Crippen molar-refractivity contribution in [3.63, 3.8) is 0 Å². The quantitative estimate of drug-likeness (QED) is 0.130. The van der Waals surface area contributed by atoms with Gasteiger partial charge in [-0.1, -0.05) is 13.3 Å². The molecular weight excluding hydrogens is 500 g/mol. The molecule has 0 bridgehead atoms. The largest absolute Gasteiger partial charge is 0.494 e. The summed E-state index contributed by atoms with van der Waals surface area (Å²) in [7, 11) is 0. The van der Waals surface area contributed by atoms with E-state index in [0.717, 1.165) is 18.6 Å². The number of nitrogens with one attached hydrogen (secondary N) is 3. The van der Waals surface area contributed by atoms with E-state index in [2.05, 4.69) is 28.1 Å². The Bertz CT molecular complexity index is 1240. The van der Waals surface area contributed by atoms with E-state index in [-0.39, 0.29) is 12.5 Å². The Morgan fingerprint density at radius 3 is 1.90 bits per heavy atom. The molecule has 10 heteroatoms. The molecule has 3 amide bonds. The molecule has 0 saturated heterocycles. The van der Waals surface area contributed by atoms with Crippen molar-refractivity contribution in [1.29, 1.82) is 0 Å². The number of rotatable bonds is 13. The summed E-state index contributed by atoms with van der Waals surface area (Å²) in [6, 6.07) is 20.5. The fourth-order valence-electron chi connectivity index (χ4n) is 3.17. The van der Waals surface area contributed by atoms with Crippen LogP contribution in [0.1, 0.15) is 32.3 Å². The van der Waals surface area contributed by atoms with Gasteiger partial charge in [-0.2, -0.15) is 5.10 Å². The number of carbonyl (C=O) groups is 3. The number of benzene rings is 3. The van der Waals surface area contributed by atoms with Crippen molar-refractivity contribution in [2.75, 3.05) is 30.5 Å². The van der Waals surface area contributed by atoms with Crippen LogP contribution in [0.15, 0.2) is 77.9 Å². The van der Waals surface area contributed by atoms with Gasteiger partial charge in [0.2, 0.25) is 0 Å². The van der Waals surface area contributed by atoms with E-state index in [9.17, 15) is 14.4 Å². The van der Waals surface area contributed by atoms with Crippen molar-refractivity contribution < 1.29 is 28.6 Å². The molecule has 0 heterocycles. The van der Waals surface area contributed by atoms with Crippen molar-refractivity contribution in [1.82, 2.24) is 5.43 Å². The average molecular weight is 533 g/mol. The fraction of sp³-hybridized carbons (Fsp3) is 0.241. The Morgan fingerprint density at radius 1 is 0.718 bits per heavy atom. The highest BCUT2D eigenvalue weighted by Crippen LogP contribution is 2.17. The molecule has 0 spiro atoms. The molecule has 10 nitrogen and oxygen atoms in total. The molecule has 0 unspecified atom stereocenters. The van der Waals surface area contributed by atoms with Gasteiger partial charge in [0.25, 0.3) is 5.91 Å². The van der Waals surface area contributed by atoms with E-state index < -0.39 is 11.8 Å². The summed E-state index contributed by atoms with van der Waals surface area (Å²) in [5.74, 6) is -0.153. The normalized spacial score (nSPS) is 10.5. The van der Waals surface area contributed by atoms with Gasteiger partial charge < -0.3 is 24.8 Å². The molecular formula is C29H32N4O6. The lowest BCUT2D eigenvalue weighted by molar-refractivity contribution is -0.136. The molecule has 0 atom stereocenters. The van der Waals surface area contributed by atoms with Crippen LogP contribution in [0.5, 0.6) is 17.2 Å². The van der Waals surface area contributed by atoms with Gasteiger partial charge in [-0.05, 0) is 91.7 Å². The van der Waals surface area contributed by atoms with Gasteiger partial charge in [0.15, 0.2) is 6.61 Å². The number of ether oxygens (including phenoxy) is 3. The first kappa shape index (κ1) is 28.7. The van der Waals surface area contributed by atoms with Crippen LogP contribution in [-0.2, 0) is 14.4 Å². The number of hydrazone groups is 1. The van der Waals surface area contributed by atoms with Crippen molar-refractivity contribution in [2.45, 2.75) is 26.7 Å². The van der Waals surface area contributed by atoms with Crippen LogP contribution in [0.25, 0.3) is 0 Å². The zero-order valence-corrected chi connectivity index (χ0v) is 21.9. The second kappa shape index (κ2) is 15.4. The first-order valence-corrected chi connectivity index (χ1v) is 12.6. The molecule has 0 aromatic heterocycles. The van der Waals surface area contributed by atoms with Crippen molar-refractivity contribution in [3.05, 3.63) is 78.4 Å². The summed E-state index contributed by atoms with van der Waals surface area (Å²) in [5, 5.41) is 9.06. The molecule has 0 aliphatic rings. The number of carbonyl (C=O) groups excluding carboxylic acids is 3. The van der Waals surface area contributed by atoms with Gasteiger partial charge >= 0.3 is 11.8 Å². The third-order valence-corrected chi connectivity index (χ3v) is 5.16. The topological polar surface area (TPSA) is 127 Å². The Morgan fingerprint density at radius 2 is 1.28 bits per heavy atom. The Kier molecular flexibility index (Phi) is 11.3. The summed E-state index contributed by atoms with van der Waals surface area (Å²) in [6.45, 7) is 5.01. The summed E-state index contributed by atoms with van der Waals surface area (Å²) in [5.41, 5.74) is 3.94. The summed E-state index contributed by atoms with van der Waals surface area (Å²) in [6.07, 6.45) is 3.39. The van der Waals surface area contributed by atoms with Gasteiger partial charge in [-0.25, -0.2) is 5.43 Å². The number of amides is 3. The number of anilines is 2. The van der Waals surface area contributed by atoms with Gasteiger partial charge in [0.05, 0.1) is 19.4 Å². The molecule has 3 aromatic carbocycles. The Balaban J connectivity index is 1.38. The molecule has 3 aromatic rings. The molecule has 0 aliphatic heterocycles. The summed E-state index contributed by atoms with van der Waals surface area (Å²) in [4.78, 5) is 36.3. The average Bonchev–Trinajstić information content (AvgIpc) is 2.95. The number of unbranched alkanes of at least 4 members (excludes halogenated alkanes) is 1. The van der Waals surface area contributed by atoms with E-state index in [4.69, 9.17) is 14.2 Å². The highest BCUT2D eigenvalue weighted by Gasteiger charge is 2.13. The predicted octanol–water partition coefficient (Wildman–Crippen LogP) is 4.37. The summed E-state index contributed by atoms with van der Waals surface area (Å²) >= 11 is 0. The molecule has 0 aliphatic carbocycles. The van der Waals surface area contributed by atoms with Gasteiger partial charge in [0.1, 0.15) is 17.2 Å². The second-order valence-corrected chi connectivity index (χ2v) is 8.24. The maximum Gasteiger partial charge on any atom is 0.329 e. The zero-order chi connectivity index (χ0) is 27.9. The van der Waals surface area contributed by atoms with Crippen LogP contribution in [0.4, 0.5) is 11.4 Å². The first-order chi connectivity index (χ1) is 19.0. The Labute approximate surface area is 227 Å². The number of nitrogens with zero attached hydrogens (tertiary/aromatic N) is 1. The molecule has 3 N–H and O–H groups in total. The van der Waals surface area contributed by atoms with Crippen molar-refractivity contribution in [3.8, 4) is 17.2 Å². The molecule has 0 saturated carbocycles. The fourth-order valence-corrected chi connectivity index (χ4v) is 3.17. The maximum atomic E-state index is 12.1. The zero-order valence-electron chi connectivity index (χ0n) is 21.9. The minimum Gasteiger partial charge on any atom is -0.494 e. The van der Waals surface area contributed by atoms with Gasteiger partial charge in [0, 0.05) is 11.4 Å². The Hall–Kier alpha value is -4.86. The maximum absolute atomic E-state index is 12.1. The minimum absolute atomic E-state index is 0.166. The predicted molar refractivity (Wildman–Crippen MR) is 149 cm³/mol. The lowest BCUT2D eigenvalue weighted by Crippen LogP contribution is -2.32. The third-order valence-electron chi connectivity index (χ3n) is 5.16. The smallest absolute Gasteiger partial charge is 0.329 e. The van der Waals surface area contributed by atoms with E-state index in [1.54, 1.807) is 72.8 Å².